The summed E-state index contributed by atoms with van der Waals surface area (Å²) in [5, 5.41) is 13.3. The lowest BCUT2D eigenvalue weighted by atomic mass is 10.3. The summed E-state index contributed by atoms with van der Waals surface area (Å²) in [6.07, 6.45) is -0.638. The first-order valence-electron chi connectivity index (χ1n) is 3.08. The van der Waals surface area contributed by atoms with Crippen LogP contribution in [-0.2, 0) is 7.05 Å². The van der Waals surface area contributed by atoms with Crippen molar-refractivity contribution in [2.24, 2.45) is 7.05 Å². The zero-order valence-electron chi connectivity index (χ0n) is 5.96. The van der Waals surface area contributed by atoms with Gasteiger partial charge in [0.15, 0.2) is 0 Å². The smallest absolute Gasteiger partial charge is 0.128 e. The van der Waals surface area contributed by atoms with Gasteiger partial charge in [0.05, 0.1) is 11.6 Å². The fourth-order valence-electron chi connectivity index (χ4n) is 0.836. The molecule has 0 aromatic carbocycles. The predicted octanol–water partition coefficient (Wildman–Crippen LogP) is 1.45. The van der Waals surface area contributed by atoms with E-state index in [0.717, 1.165) is 0 Å². The van der Waals surface area contributed by atoms with Crippen LogP contribution in [0, 0.1) is 0 Å². The van der Waals surface area contributed by atoms with E-state index in [1.165, 1.54) is 0 Å². The number of rotatable bonds is 2. The van der Waals surface area contributed by atoms with Gasteiger partial charge >= 0.3 is 0 Å². The molecule has 1 heterocycles. The minimum atomic E-state index is -0.638. The fourth-order valence-corrected chi connectivity index (χ4v) is 1.47. The van der Waals surface area contributed by atoms with Crippen molar-refractivity contribution in [1.82, 2.24) is 9.78 Å². The molecule has 1 unspecified atom stereocenters. The Labute approximate surface area is 78.1 Å². The van der Waals surface area contributed by atoms with Crippen molar-refractivity contribution in [1.29, 1.82) is 0 Å². The molecule has 1 N–H and O–H groups in total. The summed E-state index contributed by atoms with van der Waals surface area (Å²) in [6, 6.07) is 1.74. The summed E-state index contributed by atoms with van der Waals surface area (Å²) in [4.78, 5) is 0. The summed E-state index contributed by atoms with van der Waals surface area (Å²) in [5.41, 5.74) is 0.715. The Kier molecular flexibility index (Phi) is 2.92. The Morgan fingerprint density at radius 2 is 2.55 bits per heavy atom. The lowest BCUT2D eigenvalue weighted by molar-refractivity contribution is 0.192. The highest BCUT2D eigenvalue weighted by molar-refractivity contribution is 9.10. The number of aromatic nitrogens is 2. The highest BCUT2D eigenvalue weighted by atomic mass is 79.9. The zero-order valence-corrected chi connectivity index (χ0v) is 8.30. The van der Waals surface area contributed by atoms with Gasteiger partial charge in [0.2, 0.25) is 0 Å². The number of hydrogen-bond donors (Lipinski definition) is 1. The van der Waals surface area contributed by atoms with E-state index in [1.54, 1.807) is 17.8 Å². The number of aliphatic hydroxyl groups is 1. The SMILES string of the molecule is Cn1nc(Br)cc1C(O)CCl. The largest absolute Gasteiger partial charge is 0.386 e. The molecular formula is C6H8BrClN2O. The van der Waals surface area contributed by atoms with Gasteiger partial charge in [-0.25, -0.2) is 0 Å². The quantitative estimate of drug-likeness (QED) is 0.794. The van der Waals surface area contributed by atoms with Crippen LogP contribution in [0.25, 0.3) is 0 Å². The molecule has 1 atom stereocenters. The maximum Gasteiger partial charge on any atom is 0.128 e. The van der Waals surface area contributed by atoms with E-state index in [0.29, 0.717) is 10.3 Å². The molecule has 5 heteroatoms. The van der Waals surface area contributed by atoms with Crippen LogP contribution in [0.2, 0.25) is 0 Å². The second-order valence-corrected chi connectivity index (χ2v) is 3.31. The van der Waals surface area contributed by atoms with Crippen LogP contribution < -0.4 is 0 Å². The standard InChI is InChI=1S/C6H8BrClN2O/c1-10-4(5(11)3-8)2-6(7)9-10/h2,5,11H,3H2,1H3. The van der Waals surface area contributed by atoms with Crippen LogP contribution in [0.15, 0.2) is 10.7 Å². The van der Waals surface area contributed by atoms with E-state index in [2.05, 4.69) is 21.0 Å². The van der Waals surface area contributed by atoms with Crippen LogP contribution in [0.4, 0.5) is 0 Å². The van der Waals surface area contributed by atoms with Crippen molar-refractivity contribution in [2.75, 3.05) is 5.88 Å². The van der Waals surface area contributed by atoms with Crippen molar-refractivity contribution in [2.45, 2.75) is 6.10 Å². The van der Waals surface area contributed by atoms with Gasteiger partial charge in [-0.3, -0.25) is 4.68 Å². The predicted molar refractivity (Wildman–Crippen MR) is 46.6 cm³/mol. The third kappa shape index (κ3) is 1.95. The minimum absolute atomic E-state index is 0.186. The molecule has 0 saturated heterocycles. The molecule has 0 aliphatic heterocycles. The van der Waals surface area contributed by atoms with Gasteiger partial charge in [-0.05, 0) is 22.0 Å². The number of halogens is 2. The maximum absolute atomic E-state index is 9.31. The Morgan fingerprint density at radius 1 is 1.91 bits per heavy atom. The number of aliphatic hydroxyl groups excluding tert-OH is 1. The van der Waals surface area contributed by atoms with Crippen LogP contribution in [0.5, 0.6) is 0 Å². The normalized spacial score (nSPS) is 13.5. The molecule has 0 aliphatic carbocycles. The highest BCUT2D eigenvalue weighted by Gasteiger charge is 2.11. The van der Waals surface area contributed by atoms with E-state index in [4.69, 9.17) is 11.6 Å². The van der Waals surface area contributed by atoms with Crippen molar-refractivity contribution in [3.8, 4) is 0 Å². The van der Waals surface area contributed by atoms with Crippen LogP contribution in [0.3, 0.4) is 0 Å². The highest BCUT2D eigenvalue weighted by Crippen LogP contribution is 2.17. The third-order valence-electron chi connectivity index (χ3n) is 1.37. The molecule has 0 saturated carbocycles. The molecule has 3 nitrogen and oxygen atoms in total. The second-order valence-electron chi connectivity index (χ2n) is 2.19. The molecule has 1 aromatic heterocycles. The first-order valence-corrected chi connectivity index (χ1v) is 4.41. The Balaban J connectivity index is 2.93. The van der Waals surface area contributed by atoms with E-state index in [-0.39, 0.29) is 5.88 Å². The van der Waals surface area contributed by atoms with Gasteiger partial charge in [-0.1, -0.05) is 0 Å². The van der Waals surface area contributed by atoms with E-state index in [1.807, 2.05) is 0 Å². The lowest BCUT2D eigenvalue weighted by Crippen LogP contribution is -2.05. The molecule has 1 rings (SSSR count). The maximum atomic E-state index is 9.31. The molecule has 0 bridgehead atoms. The summed E-state index contributed by atoms with van der Waals surface area (Å²) in [6.45, 7) is 0. The number of nitrogens with zero attached hydrogens (tertiary/aromatic N) is 2. The van der Waals surface area contributed by atoms with Crippen molar-refractivity contribution >= 4 is 27.5 Å². The Bertz CT molecular complexity index is 251. The second kappa shape index (κ2) is 3.56. The zero-order chi connectivity index (χ0) is 8.43. The number of alkyl halides is 1. The average Bonchev–Trinajstić information content (AvgIpc) is 2.28. The fraction of sp³-hybridized carbons (Fsp3) is 0.500. The summed E-state index contributed by atoms with van der Waals surface area (Å²) < 4.78 is 2.30. The van der Waals surface area contributed by atoms with Gasteiger partial charge in [0.1, 0.15) is 10.7 Å². The first kappa shape index (κ1) is 9.03. The molecule has 0 spiro atoms. The van der Waals surface area contributed by atoms with Crippen molar-refractivity contribution in [3.05, 3.63) is 16.4 Å². The first-order chi connectivity index (χ1) is 5.15. The van der Waals surface area contributed by atoms with Crippen LogP contribution >= 0.6 is 27.5 Å². The minimum Gasteiger partial charge on any atom is -0.386 e. The monoisotopic (exact) mass is 238 g/mol. The number of hydrogen-bond acceptors (Lipinski definition) is 2. The van der Waals surface area contributed by atoms with Crippen LogP contribution in [-0.4, -0.2) is 20.8 Å². The molecule has 0 amide bonds. The molecule has 11 heavy (non-hydrogen) atoms. The van der Waals surface area contributed by atoms with E-state index >= 15 is 0 Å². The lowest BCUT2D eigenvalue weighted by Gasteiger charge is -2.05. The van der Waals surface area contributed by atoms with Gasteiger partial charge in [0.25, 0.3) is 0 Å². The summed E-state index contributed by atoms with van der Waals surface area (Å²) >= 11 is 8.66. The molecular weight excluding hydrogens is 231 g/mol. The summed E-state index contributed by atoms with van der Waals surface area (Å²) in [7, 11) is 1.76. The van der Waals surface area contributed by atoms with Crippen molar-refractivity contribution < 1.29 is 5.11 Å². The molecule has 0 radical (unpaired) electrons. The Morgan fingerprint density at radius 3 is 2.91 bits per heavy atom. The van der Waals surface area contributed by atoms with Gasteiger partial charge in [0, 0.05) is 7.05 Å². The molecule has 0 aliphatic rings. The van der Waals surface area contributed by atoms with Gasteiger partial charge in [-0.15, -0.1) is 11.6 Å². The summed E-state index contributed by atoms with van der Waals surface area (Å²) in [5.74, 6) is 0.186. The number of aryl methyl sites for hydroxylation is 1. The molecule has 0 fully saturated rings. The molecule has 1 aromatic rings. The van der Waals surface area contributed by atoms with Crippen molar-refractivity contribution in [3.63, 3.8) is 0 Å². The Hall–Kier alpha value is -0.0600. The topological polar surface area (TPSA) is 38.0 Å². The average molecular weight is 240 g/mol. The molecule has 62 valence electrons. The van der Waals surface area contributed by atoms with E-state index in [9.17, 15) is 5.11 Å². The van der Waals surface area contributed by atoms with Gasteiger partial charge < -0.3 is 5.11 Å². The van der Waals surface area contributed by atoms with Gasteiger partial charge in [-0.2, -0.15) is 5.10 Å². The van der Waals surface area contributed by atoms with Crippen LogP contribution in [0.1, 0.15) is 11.8 Å². The van der Waals surface area contributed by atoms with E-state index < -0.39 is 6.10 Å². The third-order valence-corrected chi connectivity index (χ3v) is 2.05.